The van der Waals surface area contributed by atoms with Crippen molar-refractivity contribution in [2.24, 2.45) is 0 Å². The van der Waals surface area contributed by atoms with E-state index in [9.17, 15) is 9.65 Å². The van der Waals surface area contributed by atoms with Crippen LogP contribution in [0.25, 0.3) is 11.6 Å². The van der Waals surface area contributed by atoms with Gasteiger partial charge < -0.3 is 9.47 Å². The van der Waals surface area contributed by atoms with Gasteiger partial charge in [0.2, 0.25) is 0 Å². The molecule has 0 aliphatic rings. The first kappa shape index (κ1) is 23.1. The summed E-state index contributed by atoms with van der Waals surface area (Å²) in [4.78, 5) is 0. The number of rotatable bonds is 9. The summed E-state index contributed by atoms with van der Waals surface area (Å²) >= 11 is 6.27. The van der Waals surface area contributed by atoms with Crippen molar-refractivity contribution in [2.45, 2.75) is 20.0 Å². The lowest BCUT2D eigenvalue weighted by atomic mass is 10.0. The average molecular weight is 448 g/mol. The summed E-state index contributed by atoms with van der Waals surface area (Å²) in [6, 6.07) is 19.5. The van der Waals surface area contributed by atoms with Gasteiger partial charge in [0.05, 0.1) is 18.2 Å². The highest BCUT2D eigenvalue weighted by Gasteiger charge is 2.15. The molecular formula is C27H23ClFNO2. The predicted octanol–water partition coefficient (Wildman–Crippen LogP) is 7.25. The lowest BCUT2D eigenvalue weighted by molar-refractivity contribution is 0.267. The largest absolute Gasteiger partial charge is 0.490 e. The molecule has 0 bridgehead atoms. The fourth-order valence-corrected chi connectivity index (χ4v) is 3.47. The molecular weight excluding hydrogens is 425 g/mol. The second-order valence-electron chi connectivity index (χ2n) is 6.96. The quantitative estimate of drug-likeness (QED) is 0.197. The second kappa shape index (κ2) is 11.2. The van der Waals surface area contributed by atoms with Crippen molar-refractivity contribution in [1.82, 2.24) is 0 Å². The number of benzene rings is 3. The lowest BCUT2D eigenvalue weighted by Gasteiger charge is -2.17. The molecule has 5 heteroatoms. The monoisotopic (exact) mass is 447 g/mol. The van der Waals surface area contributed by atoms with Gasteiger partial charge in [0.25, 0.3) is 0 Å². The van der Waals surface area contributed by atoms with Crippen LogP contribution >= 0.6 is 11.6 Å². The molecule has 3 rings (SSSR count). The smallest absolute Gasteiger partial charge is 0.165 e. The van der Waals surface area contributed by atoms with Gasteiger partial charge in [0.1, 0.15) is 12.4 Å². The average Bonchev–Trinajstić information content (AvgIpc) is 2.79. The Hall–Kier alpha value is -3.55. The topological polar surface area (TPSA) is 42.2 Å². The molecule has 162 valence electrons. The number of ether oxygens (including phenoxy) is 2. The van der Waals surface area contributed by atoms with Gasteiger partial charge >= 0.3 is 0 Å². The molecule has 0 aliphatic heterocycles. The molecule has 0 spiro atoms. The molecule has 3 aromatic carbocycles. The summed E-state index contributed by atoms with van der Waals surface area (Å²) < 4.78 is 26.2. The van der Waals surface area contributed by atoms with Crippen LogP contribution in [0.4, 0.5) is 4.39 Å². The number of nitriles is 1. The third kappa shape index (κ3) is 5.57. The van der Waals surface area contributed by atoms with Crippen LogP contribution in [0, 0.1) is 17.1 Å². The van der Waals surface area contributed by atoms with Gasteiger partial charge in [0, 0.05) is 21.7 Å². The van der Waals surface area contributed by atoms with E-state index in [-0.39, 0.29) is 17.7 Å². The Morgan fingerprint density at radius 1 is 1.09 bits per heavy atom. The second-order valence-corrected chi connectivity index (χ2v) is 7.37. The number of nitrogens with zero attached hydrogens (tertiary/aromatic N) is 1. The Morgan fingerprint density at radius 2 is 1.84 bits per heavy atom. The molecule has 0 aliphatic carbocycles. The van der Waals surface area contributed by atoms with Gasteiger partial charge in [-0.25, -0.2) is 4.39 Å². The molecule has 3 nitrogen and oxygen atoms in total. The standard InChI is InChI=1S/C27H23ClFNO2/c1-3-9-20-14-19(15-22(17-30)23-11-6-8-13-25(23)29)16-26(31-4-2)27(20)32-18-21-10-5-7-12-24(21)28/h3,5-8,10-16H,1,4,9,18H2,2H3. The first-order valence-electron chi connectivity index (χ1n) is 10.2. The van der Waals surface area contributed by atoms with E-state index in [1.165, 1.54) is 6.07 Å². The fraction of sp³-hybridized carbons (Fsp3) is 0.148. The lowest BCUT2D eigenvalue weighted by Crippen LogP contribution is -2.04. The van der Waals surface area contributed by atoms with Gasteiger partial charge in [-0.2, -0.15) is 5.26 Å². The summed E-state index contributed by atoms with van der Waals surface area (Å²) in [5.74, 6) is 0.681. The Bertz CT molecular complexity index is 1180. The predicted molar refractivity (Wildman–Crippen MR) is 127 cm³/mol. The molecule has 3 aromatic rings. The molecule has 0 fully saturated rings. The molecule has 0 saturated heterocycles. The van der Waals surface area contributed by atoms with Crippen molar-refractivity contribution in [1.29, 1.82) is 5.26 Å². The van der Waals surface area contributed by atoms with Gasteiger partial charge in [-0.3, -0.25) is 0 Å². The maximum atomic E-state index is 14.2. The molecule has 32 heavy (non-hydrogen) atoms. The van der Waals surface area contributed by atoms with Crippen LogP contribution in [0.5, 0.6) is 11.5 Å². The van der Waals surface area contributed by atoms with E-state index in [2.05, 4.69) is 12.6 Å². The number of hydrogen-bond acceptors (Lipinski definition) is 3. The van der Waals surface area contributed by atoms with E-state index < -0.39 is 5.82 Å². The number of hydrogen-bond donors (Lipinski definition) is 0. The van der Waals surface area contributed by atoms with Crippen LogP contribution in [0.15, 0.2) is 73.3 Å². The highest BCUT2D eigenvalue weighted by molar-refractivity contribution is 6.31. The van der Waals surface area contributed by atoms with Crippen molar-refractivity contribution >= 4 is 23.3 Å². The van der Waals surface area contributed by atoms with Crippen molar-refractivity contribution in [2.75, 3.05) is 6.61 Å². The van der Waals surface area contributed by atoms with E-state index in [1.54, 1.807) is 36.4 Å². The molecule has 0 N–H and O–H groups in total. The van der Waals surface area contributed by atoms with Crippen molar-refractivity contribution in [3.63, 3.8) is 0 Å². The van der Waals surface area contributed by atoms with E-state index >= 15 is 0 Å². The van der Waals surface area contributed by atoms with Gasteiger partial charge in [-0.15, -0.1) is 6.58 Å². The van der Waals surface area contributed by atoms with E-state index in [4.69, 9.17) is 21.1 Å². The molecule has 0 heterocycles. The molecule has 0 unspecified atom stereocenters. The summed E-state index contributed by atoms with van der Waals surface area (Å²) in [5, 5.41) is 10.3. The fourth-order valence-electron chi connectivity index (χ4n) is 3.28. The zero-order valence-electron chi connectivity index (χ0n) is 17.8. The van der Waals surface area contributed by atoms with E-state index in [1.807, 2.05) is 37.3 Å². The van der Waals surface area contributed by atoms with Crippen LogP contribution in [0.2, 0.25) is 5.02 Å². The summed E-state index contributed by atoms with van der Waals surface area (Å²) in [6.45, 7) is 6.43. The molecule has 0 aromatic heterocycles. The van der Waals surface area contributed by atoms with E-state index in [0.29, 0.717) is 35.1 Å². The van der Waals surface area contributed by atoms with Gasteiger partial charge in [-0.05, 0) is 49.2 Å². The third-order valence-corrected chi connectivity index (χ3v) is 5.11. The zero-order chi connectivity index (χ0) is 22.9. The Labute approximate surface area is 193 Å². The summed E-state index contributed by atoms with van der Waals surface area (Å²) in [6.07, 6.45) is 3.94. The first-order chi connectivity index (χ1) is 15.6. The maximum absolute atomic E-state index is 14.2. The summed E-state index contributed by atoms with van der Waals surface area (Å²) in [7, 11) is 0. The minimum Gasteiger partial charge on any atom is -0.490 e. The number of halogens is 2. The third-order valence-electron chi connectivity index (χ3n) is 4.74. The molecule has 0 amide bonds. The normalized spacial score (nSPS) is 11.0. The molecule has 0 radical (unpaired) electrons. The SMILES string of the molecule is C=CCc1cc(C=C(C#N)c2ccccc2F)cc(OCC)c1OCc1ccccc1Cl. The highest BCUT2D eigenvalue weighted by Crippen LogP contribution is 2.36. The van der Waals surface area contributed by atoms with Crippen LogP contribution < -0.4 is 9.47 Å². The van der Waals surface area contributed by atoms with Crippen molar-refractivity contribution in [3.05, 3.63) is 106 Å². The van der Waals surface area contributed by atoms with Crippen LogP contribution in [-0.2, 0) is 13.0 Å². The Morgan fingerprint density at radius 3 is 2.53 bits per heavy atom. The molecule has 0 atom stereocenters. The Kier molecular flexibility index (Phi) is 8.08. The van der Waals surface area contributed by atoms with Crippen molar-refractivity contribution in [3.8, 4) is 17.6 Å². The zero-order valence-corrected chi connectivity index (χ0v) is 18.5. The van der Waals surface area contributed by atoms with Crippen LogP contribution in [0.3, 0.4) is 0 Å². The number of allylic oxidation sites excluding steroid dienone is 2. The van der Waals surface area contributed by atoms with Crippen molar-refractivity contribution < 1.29 is 13.9 Å². The van der Waals surface area contributed by atoms with E-state index in [0.717, 1.165) is 11.1 Å². The van der Waals surface area contributed by atoms with Crippen LogP contribution in [0.1, 0.15) is 29.2 Å². The minimum absolute atomic E-state index is 0.222. The minimum atomic E-state index is -0.448. The first-order valence-corrected chi connectivity index (χ1v) is 10.6. The van der Waals surface area contributed by atoms with Crippen LogP contribution in [-0.4, -0.2) is 6.61 Å². The van der Waals surface area contributed by atoms with Gasteiger partial charge in [0.15, 0.2) is 11.5 Å². The maximum Gasteiger partial charge on any atom is 0.165 e. The molecule has 0 saturated carbocycles. The highest BCUT2D eigenvalue weighted by atomic mass is 35.5. The Balaban J connectivity index is 2.04. The summed E-state index contributed by atoms with van der Waals surface area (Å²) in [5.41, 5.74) is 2.87. The van der Waals surface area contributed by atoms with Gasteiger partial charge in [-0.1, -0.05) is 54.1 Å².